The zero-order chi connectivity index (χ0) is 13.9. The molecule has 1 atom stereocenters. The Kier molecular flexibility index (Phi) is 3.71. The third-order valence-corrected chi connectivity index (χ3v) is 4.47. The summed E-state index contributed by atoms with van der Waals surface area (Å²) in [6.45, 7) is 1.72. The molecule has 0 saturated heterocycles. The highest BCUT2D eigenvalue weighted by Gasteiger charge is 2.31. The average Bonchev–Trinajstić information content (AvgIpc) is 2.40. The van der Waals surface area contributed by atoms with E-state index in [0.29, 0.717) is 5.69 Å². The molecule has 0 saturated carbocycles. The van der Waals surface area contributed by atoms with Gasteiger partial charge in [0.05, 0.1) is 10.6 Å². The first-order valence-electron chi connectivity index (χ1n) is 5.60. The van der Waals surface area contributed by atoms with Crippen LogP contribution in [0.5, 0.6) is 0 Å². The van der Waals surface area contributed by atoms with Crippen LogP contribution in [0.3, 0.4) is 0 Å². The molecule has 0 N–H and O–H groups in total. The summed E-state index contributed by atoms with van der Waals surface area (Å²) in [5, 5.41) is 1.23. The summed E-state index contributed by atoms with van der Waals surface area (Å²) in [5.74, 6) is 0. The first-order chi connectivity index (χ1) is 9.05. The Balaban J connectivity index is 2.51. The molecule has 0 fully saturated rings. The van der Waals surface area contributed by atoms with Crippen molar-refractivity contribution in [1.82, 2.24) is 4.98 Å². The molecule has 1 heterocycles. The second kappa shape index (κ2) is 5.27. The van der Waals surface area contributed by atoms with Gasteiger partial charge in [0.15, 0.2) is 0 Å². The van der Waals surface area contributed by atoms with Gasteiger partial charge in [-0.2, -0.15) is 0 Å². The van der Waals surface area contributed by atoms with Gasteiger partial charge in [-0.05, 0) is 36.4 Å². The van der Waals surface area contributed by atoms with E-state index in [1.165, 1.54) is 18.2 Å². The van der Waals surface area contributed by atoms with Gasteiger partial charge in [-0.3, -0.25) is 4.98 Å². The van der Waals surface area contributed by atoms with E-state index < -0.39 is 15.2 Å². The maximum absolute atomic E-state index is 12.3. The SMILES string of the molecule is Cc1cccc(C(N=O)S(=O)(=O)c2ccccc2)n1. The Morgan fingerprint density at radius 1 is 1.05 bits per heavy atom. The molecule has 5 nitrogen and oxygen atoms in total. The molecular formula is C13H12N2O3S. The van der Waals surface area contributed by atoms with E-state index >= 15 is 0 Å². The summed E-state index contributed by atoms with van der Waals surface area (Å²) in [6, 6.07) is 12.6. The first-order valence-corrected chi connectivity index (χ1v) is 7.15. The normalized spacial score (nSPS) is 12.9. The molecule has 0 radical (unpaired) electrons. The number of pyridine rings is 1. The maximum atomic E-state index is 12.3. The van der Waals surface area contributed by atoms with Crippen molar-refractivity contribution in [1.29, 1.82) is 0 Å². The van der Waals surface area contributed by atoms with Crippen LogP contribution >= 0.6 is 0 Å². The van der Waals surface area contributed by atoms with Crippen molar-refractivity contribution in [3.8, 4) is 0 Å². The predicted octanol–water partition coefficient (Wildman–Crippen LogP) is 2.63. The molecule has 0 bridgehead atoms. The molecule has 98 valence electrons. The van der Waals surface area contributed by atoms with Crippen molar-refractivity contribution >= 4 is 9.84 Å². The minimum atomic E-state index is -3.86. The molecular weight excluding hydrogens is 264 g/mol. The maximum Gasteiger partial charge on any atom is 0.238 e. The lowest BCUT2D eigenvalue weighted by atomic mass is 10.3. The minimum absolute atomic E-state index is 0.0582. The van der Waals surface area contributed by atoms with Crippen LogP contribution in [0.15, 0.2) is 58.6 Å². The van der Waals surface area contributed by atoms with Gasteiger partial charge in [-0.25, -0.2) is 8.42 Å². The largest absolute Gasteiger partial charge is 0.255 e. The van der Waals surface area contributed by atoms with Gasteiger partial charge < -0.3 is 0 Å². The fraction of sp³-hybridized carbons (Fsp3) is 0.154. The van der Waals surface area contributed by atoms with Gasteiger partial charge in [-0.15, -0.1) is 4.91 Å². The molecule has 0 aliphatic heterocycles. The lowest BCUT2D eigenvalue weighted by Crippen LogP contribution is -2.13. The summed E-state index contributed by atoms with van der Waals surface area (Å²) < 4.78 is 24.7. The average molecular weight is 276 g/mol. The minimum Gasteiger partial charge on any atom is -0.255 e. The van der Waals surface area contributed by atoms with Crippen LogP contribution in [0.25, 0.3) is 0 Å². The summed E-state index contributed by atoms with van der Waals surface area (Å²) in [6.07, 6.45) is 0. The van der Waals surface area contributed by atoms with Crippen molar-refractivity contribution in [2.24, 2.45) is 5.18 Å². The van der Waals surface area contributed by atoms with Crippen molar-refractivity contribution < 1.29 is 8.42 Å². The van der Waals surface area contributed by atoms with Crippen molar-refractivity contribution in [3.63, 3.8) is 0 Å². The zero-order valence-electron chi connectivity index (χ0n) is 10.2. The molecule has 1 aromatic carbocycles. The smallest absolute Gasteiger partial charge is 0.238 e. The van der Waals surface area contributed by atoms with E-state index in [4.69, 9.17) is 0 Å². The number of nitroso groups, excluding NO2 is 1. The van der Waals surface area contributed by atoms with Gasteiger partial charge in [0, 0.05) is 5.69 Å². The fourth-order valence-corrected chi connectivity index (χ4v) is 3.07. The third-order valence-electron chi connectivity index (χ3n) is 2.62. The fourth-order valence-electron chi connectivity index (χ4n) is 1.71. The van der Waals surface area contributed by atoms with Gasteiger partial charge in [0.1, 0.15) is 0 Å². The number of hydrogen-bond acceptors (Lipinski definition) is 5. The lowest BCUT2D eigenvalue weighted by Gasteiger charge is -2.10. The van der Waals surface area contributed by atoms with Gasteiger partial charge >= 0.3 is 0 Å². The standard InChI is InChI=1S/C13H12N2O3S/c1-10-6-5-9-12(14-10)13(15-16)19(17,18)11-7-3-2-4-8-11/h2-9,13H,1H3. The van der Waals surface area contributed by atoms with E-state index in [2.05, 4.69) is 10.2 Å². The van der Waals surface area contributed by atoms with E-state index in [1.54, 1.807) is 37.3 Å². The molecule has 0 aliphatic carbocycles. The summed E-state index contributed by atoms with van der Waals surface area (Å²) in [7, 11) is -3.86. The number of rotatable bonds is 4. The van der Waals surface area contributed by atoms with E-state index in [1.807, 2.05) is 0 Å². The molecule has 2 rings (SSSR count). The van der Waals surface area contributed by atoms with Crippen molar-refractivity contribution in [2.45, 2.75) is 17.2 Å². The predicted molar refractivity (Wildman–Crippen MR) is 71.1 cm³/mol. The molecule has 6 heteroatoms. The highest BCUT2D eigenvalue weighted by atomic mass is 32.2. The number of nitrogens with zero attached hydrogens (tertiary/aromatic N) is 2. The molecule has 19 heavy (non-hydrogen) atoms. The quantitative estimate of drug-likeness (QED) is 0.804. The highest BCUT2D eigenvalue weighted by Crippen LogP contribution is 2.28. The van der Waals surface area contributed by atoms with Crippen LogP contribution in [0.4, 0.5) is 0 Å². The highest BCUT2D eigenvalue weighted by molar-refractivity contribution is 7.91. The Labute approximate surface area is 111 Å². The lowest BCUT2D eigenvalue weighted by molar-refractivity contribution is 0.582. The topological polar surface area (TPSA) is 76.5 Å². The number of aryl methyl sites for hydroxylation is 1. The Hall–Kier alpha value is -2.08. The van der Waals surface area contributed by atoms with Gasteiger partial charge in [0.25, 0.3) is 0 Å². The second-order valence-corrected chi connectivity index (χ2v) is 6.03. The summed E-state index contributed by atoms with van der Waals surface area (Å²) in [4.78, 5) is 15.1. The molecule has 1 unspecified atom stereocenters. The van der Waals surface area contributed by atoms with Crippen molar-refractivity contribution in [2.75, 3.05) is 0 Å². The molecule has 0 amide bonds. The molecule has 0 spiro atoms. The van der Waals surface area contributed by atoms with Crippen LogP contribution in [0.2, 0.25) is 0 Å². The van der Waals surface area contributed by atoms with Crippen LogP contribution in [0, 0.1) is 11.8 Å². The number of sulfone groups is 1. The zero-order valence-corrected chi connectivity index (χ0v) is 11.0. The van der Waals surface area contributed by atoms with Crippen LogP contribution in [-0.4, -0.2) is 13.4 Å². The molecule has 0 aliphatic rings. The Morgan fingerprint density at radius 2 is 1.74 bits per heavy atom. The first kappa shape index (κ1) is 13.4. The van der Waals surface area contributed by atoms with Gasteiger partial charge in [-0.1, -0.05) is 24.3 Å². The van der Waals surface area contributed by atoms with Crippen LogP contribution in [0.1, 0.15) is 16.8 Å². The molecule has 2 aromatic rings. The van der Waals surface area contributed by atoms with E-state index in [-0.39, 0.29) is 10.6 Å². The van der Waals surface area contributed by atoms with Crippen LogP contribution < -0.4 is 0 Å². The number of aromatic nitrogens is 1. The monoisotopic (exact) mass is 276 g/mol. The van der Waals surface area contributed by atoms with Crippen molar-refractivity contribution in [3.05, 3.63) is 64.8 Å². The Morgan fingerprint density at radius 3 is 2.32 bits per heavy atom. The summed E-state index contributed by atoms with van der Waals surface area (Å²) in [5.41, 5.74) is 0.772. The number of benzene rings is 1. The third kappa shape index (κ3) is 2.68. The van der Waals surface area contributed by atoms with E-state index in [9.17, 15) is 13.3 Å². The Bertz CT molecular complexity index is 684. The summed E-state index contributed by atoms with van der Waals surface area (Å²) >= 11 is 0. The second-order valence-electron chi connectivity index (χ2n) is 4.02. The van der Waals surface area contributed by atoms with Gasteiger partial charge in [0.2, 0.25) is 15.2 Å². The number of hydrogen-bond donors (Lipinski definition) is 0. The van der Waals surface area contributed by atoms with E-state index in [0.717, 1.165) is 0 Å². The van der Waals surface area contributed by atoms with Crippen LogP contribution in [-0.2, 0) is 9.84 Å². The molecule has 1 aromatic heterocycles.